The van der Waals surface area contributed by atoms with E-state index in [1.165, 1.54) is 13.2 Å². The van der Waals surface area contributed by atoms with Crippen molar-refractivity contribution >= 4 is 17.7 Å². The standard InChI is InChI=1S/C46H73N3O13/c1-27(2)21-36(52)60-44-31(6)58-38(24-46(44,7)55)61-41-30(5)59-45(40(54)39(41)49(8)9)62-42-33(18-20-48-26-32-16-14-19-47-25-32)22-28(3)34(50)17-13-11-12-15-29(4)57-37(53)23-35(51)43(42)56-10/h11-14,16-17,19,25,27-31,33,35,38-45,48,51,54-55H,15,18,20-24,26H2,1-10H3/t28-,29-,30-,31+,33+,35-,38+,39-,40-,41-,42+,43+,44+,45+,46-/m1/s1. The lowest BCUT2D eigenvalue weighted by molar-refractivity contribution is -0.344. The van der Waals surface area contributed by atoms with Crippen molar-refractivity contribution in [3.05, 3.63) is 54.4 Å². The van der Waals surface area contributed by atoms with Gasteiger partial charge in [0.15, 0.2) is 24.5 Å². The molecule has 0 amide bonds. The first-order valence-corrected chi connectivity index (χ1v) is 22.1. The van der Waals surface area contributed by atoms with Crippen LogP contribution in [0.5, 0.6) is 0 Å². The van der Waals surface area contributed by atoms with E-state index in [0.717, 1.165) is 5.56 Å². The Kier molecular flexibility index (Phi) is 20.1. The molecule has 62 heavy (non-hydrogen) atoms. The van der Waals surface area contributed by atoms with E-state index in [4.69, 9.17) is 33.2 Å². The summed E-state index contributed by atoms with van der Waals surface area (Å²) in [6.45, 7) is 13.5. The van der Waals surface area contributed by atoms with Gasteiger partial charge in [0.1, 0.15) is 30.0 Å². The van der Waals surface area contributed by atoms with Crippen LogP contribution in [-0.2, 0) is 54.1 Å². The zero-order chi connectivity index (χ0) is 45.7. The molecule has 0 saturated carbocycles. The zero-order valence-electron chi connectivity index (χ0n) is 38.3. The lowest BCUT2D eigenvalue weighted by Crippen LogP contribution is -2.66. The van der Waals surface area contributed by atoms with E-state index in [1.54, 1.807) is 71.2 Å². The maximum atomic E-state index is 13.5. The fourth-order valence-corrected chi connectivity index (χ4v) is 8.63. The summed E-state index contributed by atoms with van der Waals surface area (Å²) in [6.07, 6.45) is 0.482. The number of hydrogen-bond donors (Lipinski definition) is 4. The number of ketones is 1. The first-order chi connectivity index (χ1) is 29.3. The van der Waals surface area contributed by atoms with Crippen molar-refractivity contribution in [3.8, 4) is 0 Å². The molecule has 4 rings (SSSR count). The predicted molar refractivity (Wildman–Crippen MR) is 229 cm³/mol. The monoisotopic (exact) mass is 876 g/mol. The van der Waals surface area contributed by atoms with Crippen LogP contribution >= 0.6 is 0 Å². The molecule has 0 aromatic carbocycles. The Bertz CT molecular complexity index is 1610. The maximum absolute atomic E-state index is 13.5. The molecule has 2 fully saturated rings. The van der Waals surface area contributed by atoms with Gasteiger partial charge >= 0.3 is 11.9 Å². The molecular weight excluding hydrogens is 803 g/mol. The lowest BCUT2D eigenvalue weighted by Gasteiger charge is -2.50. The zero-order valence-corrected chi connectivity index (χ0v) is 38.3. The Morgan fingerprint density at radius 3 is 2.44 bits per heavy atom. The number of rotatable bonds is 14. The van der Waals surface area contributed by atoms with Crippen LogP contribution in [0.4, 0.5) is 0 Å². The summed E-state index contributed by atoms with van der Waals surface area (Å²) in [6, 6.07) is 3.09. The number of aliphatic hydroxyl groups excluding tert-OH is 2. The van der Waals surface area contributed by atoms with Crippen molar-refractivity contribution in [1.29, 1.82) is 0 Å². The molecule has 4 N–H and O–H groups in total. The first-order valence-electron chi connectivity index (χ1n) is 22.1. The predicted octanol–water partition coefficient (Wildman–Crippen LogP) is 3.64. The fraction of sp³-hybridized carbons (Fsp3) is 0.739. The van der Waals surface area contributed by atoms with E-state index in [0.29, 0.717) is 32.4 Å². The fourth-order valence-electron chi connectivity index (χ4n) is 8.63. The molecule has 16 heteroatoms. The molecule has 1 aromatic rings. The number of likely N-dealkylation sites (N-methyl/N-ethyl adjacent to an activating group) is 1. The molecule has 15 atom stereocenters. The van der Waals surface area contributed by atoms with Crippen LogP contribution in [0.3, 0.4) is 0 Å². The molecule has 1 aromatic heterocycles. The maximum Gasteiger partial charge on any atom is 0.308 e. The van der Waals surface area contributed by atoms with Crippen LogP contribution < -0.4 is 5.32 Å². The highest BCUT2D eigenvalue weighted by Gasteiger charge is 2.52. The number of allylic oxidation sites excluding steroid dienone is 3. The van der Waals surface area contributed by atoms with Gasteiger partial charge in [-0.1, -0.05) is 45.1 Å². The van der Waals surface area contributed by atoms with Gasteiger partial charge in [-0.25, -0.2) is 0 Å². The van der Waals surface area contributed by atoms with Crippen LogP contribution in [0, 0.1) is 17.8 Å². The van der Waals surface area contributed by atoms with Gasteiger partial charge in [0.2, 0.25) is 0 Å². The lowest BCUT2D eigenvalue weighted by atomic mass is 9.82. The van der Waals surface area contributed by atoms with Crippen molar-refractivity contribution in [1.82, 2.24) is 15.2 Å². The number of aromatic nitrogens is 1. The van der Waals surface area contributed by atoms with E-state index < -0.39 is 109 Å². The molecule has 2 saturated heterocycles. The first kappa shape index (κ1) is 51.5. The van der Waals surface area contributed by atoms with Gasteiger partial charge in [-0.05, 0) is 90.7 Å². The number of nitrogens with one attached hydrogen (secondary N) is 1. The Hall–Kier alpha value is -3.16. The Balaban J connectivity index is 1.63. The van der Waals surface area contributed by atoms with Gasteiger partial charge in [0.25, 0.3) is 0 Å². The van der Waals surface area contributed by atoms with Crippen molar-refractivity contribution in [2.75, 3.05) is 27.7 Å². The van der Waals surface area contributed by atoms with Crippen molar-refractivity contribution in [3.63, 3.8) is 0 Å². The van der Waals surface area contributed by atoms with Crippen LogP contribution in [0.15, 0.2) is 48.8 Å². The van der Waals surface area contributed by atoms with Gasteiger partial charge in [-0.3, -0.25) is 19.4 Å². The third-order valence-corrected chi connectivity index (χ3v) is 11.8. The minimum absolute atomic E-state index is 0.0219. The number of carbonyl (C=O) groups excluding carboxylic acids is 3. The second-order valence-corrected chi connectivity index (χ2v) is 18.1. The smallest absolute Gasteiger partial charge is 0.308 e. The molecule has 3 aliphatic rings. The molecule has 16 nitrogen and oxygen atoms in total. The molecule has 4 heterocycles. The summed E-state index contributed by atoms with van der Waals surface area (Å²) in [5.41, 5.74) is -0.498. The summed E-state index contributed by atoms with van der Waals surface area (Å²) < 4.78 is 43.3. The minimum atomic E-state index is -1.48. The Morgan fingerprint density at radius 2 is 1.79 bits per heavy atom. The van der Waals surface area contributed by atoms with Crippen LogP contribution in [0.2, 0.25) is 0 Å². The van der Waals surface area contributed by atoms with Gasteiger partial charge in [-0.2, -0.15) is 0 Å². The highest BCUT2D eigenvalue weighted by molar-refractivity contribution is 5.91. The normalized spacial score (nSPS) is 36.8. The van der Waals surface area contributed by atoms with Crippen LogP contribution in [0.25, 0.3) is 0 Å². The third kappa shape index (κ3) is 15.0. The van der Waals surface area contributed by atoms with E-state index in [9.17, 15) is 29.7 Å². The Morgan fingerprint density at radius 1 is 1.05 bits per heavy atom. The number of methoxy groups -OCH3 is 1. The highest BCUT2D eigenvalue weighted by atomic mass is 16.7. The average molecular weight is 876 g/mol. The quantitative estimate of drug-likeness (QED) is 0.156. The number of carbonyl (C=O) groups is 3. The molecular formula is C46H73N3O13. The molecule has 0 spiro atoms. The number of ether oxygens (including phenoxy) is 7. The molecule has 3 aliphatic heterocycles. The SMILES string of the molecule is CO[C@@H]1[C@@H](O[C@@H]2O[C@H](C)[C@@H](O[C@H]3C[C@@](C)(O)[C@@H](OC(=O)CC(C)C)[C@H](C)O3)[C@H](N(C)C)[C@H]2O)[C@@H](CCNCc2cccnc2)C[C@@H](C)C(=O)C=CC=CC[C@@H](C)OC(=O)C[C@H]1O. The van der Waals surface area contributed by atoms with Crippen molar-refractivity contribution < 1.29 is 62.9 Å². The number of nitrogens with zero attached hydrogens (tertiary/aromatic N) is 2. The van der Waals surface area contributed by atoms with Gasteiger partial charge in [0, 0.05) is 51.2 Å². The topological polar surface area (TPSA) is 205 Å². The van der Waals surface area contributed by atoms with E-state index in [-0.39, 0.29) is 24.5 Å². The number of pyridine rings is 1. The van der Waals surface area contributed by atoms with E-state index >= 15 is 0 Å². The minimum Gasteiger partial charge on any atom is -0.462 e. The summed E-state index contributed by atoms with van der Waals surface area (Å²) >= 11 is 0. The largest absolute Gasteiger partial charge is 0.462 e. The second-order valence-electron chi connectivity index (χ2n) is 18.1. The third-order valence-electron chi connectivity index (χ3n) is 11.8. The van der Waals surface area contributed by atoms with Crippen molar-refractivity contribution in [2.45, 2.75) is 173 Å². The van der Waals surface area contributed by atoms with Gasteiger partial charge in [0.05, 0.1) is 36.9 Å². The molecule has 350 valence electrons. The van der Waals surface area contributed by atoms with Gasteiger partial charge < -0.3 is 58.7 Å². The van der Waals surface area contributed by atoms with Crippen molar-refractivity contribution in [2.24, 2.45) is 17.8 Å². The number of cyclic esters (lactones) is 1. The highest BCUT2D eigenvalue weighted by Crippen LogP contribution is 2.37. The Labute approximate surface area is 367 Å². The summed E-state index contributed by atoms with van der Waals surface area (Å²) in [5, 5.41) is 38.9. The molecule has 0 aliphatic carbocycles. The number of aliphatic hydroxyl groups is 3. The van der Waals surface area contributed by atoms with E-state index in [2.05, 4.69) is 10.3 Å². The summed E-state index contributed by atoms with van der Waals surface area (Å²) in [7, 11) is 4.99. The molecule has 0 radical (unpaired) electrons. The second kappa shape index (κ2) is 24.2. The summed E-state index contributed by atoms with van der Waals surface area (Å²) in [5.74, 6) is -2.01. The molecule has 0 bridgehead atoms. The van der Waals surface area contributed by atoms with E-state index in [1.807, 2.05) is 39.0 Å². The molecule has 0 unspecified atom stereocenters. The van der Waals surface area contributed by atoms with Gasteiger partial charge in [-0.15, -0.1) is 0 Å². The summed E-state index contributed by atoms with van der Waals surface area (Å²) in [4.78, 5) is 45.2. The number of esters is 2. The number of hydrogen-bond acceptors (Lipinski definition) is 16. The van der Waals surface area contributed by atoms with Crippen LogP contribution in [0.1, 0.15) is 92.6 Å². The average Bonchev–Trinajstić information content (AvgIpc) is 3.18. The van der Waals surface area contributed by atoms with Crippen LogP contribution in [-0.4, -0.2) is 150 Å².